The average molecular weight is 302 g/mol. The van der Waals surface area contributed by atoms with Gasteiger partial charge in [0.2, 0.25) is 5.91 Å². The summed E-state index contributed by atoms with van der Waals surface area (Å²) in [6.45, 7) is 0.497. The minimum atomic E-state index is -0.806. The highest BCUT2D eigenvalue weighted by molar-refractivity contribution is 6.31. The molecule has 0 heterocycles. The van der Waals surface area contributed by atoms with E-state index in [1.807, 2.05) is 0 Å². The molecule has 6 heteroatoms. The maximum atomic E-state index is 12.8. The van der Waals surface area contributed by atoms with E-state index in [2.05, 4.69) is 5.32 Å². The van der Waals surface area contributed by atoms with Crippen LogP contribution < -0.4 is 5.32 Å². The zero-order valence-corrected chi connectivity index (χ0v) is 11.8. The molecular weight excluding hydrogens is 285 g/mol. The van der Waals surface area contributed by atoms with Gasteiger partial charge in [0.15, 0.2) is 0 Å². The van der Waals surface area contributed by atoms with Crippen LogP contribution in [0, 0.1) is 5.82 Å². The van der Waals surface area contributed by atoms with Crippen molar-refractivity contribution in [1.29, 1.82) is 0 Å². The van der Waals surface area contributed by atoms with Crippen molar-refractivity contribution in [3.63, 3.8) is 0 Å². The minimum absolute atomic E-state index is 0.105. The molecule has 1 amide bonds. The highest BCUT2D eigenvalue weighted by Crippen LogP contribution is 2.17. The molecule has 1 rings (SSSR count). The number of carbonyl (C=O) groups is 2. The third kappa shape index (κ3) is 6.52. The van der Waals surface area contributed by atoms with Crippen molar-refractivity contribution >= 4 is 23.5 Å². The summed E-state index contributed by atoms with van der Waals surface area (Å²) in [5, 5.41) is 11.4. The van der Waals surface area contributed by atoms with Crippen molar-refractivity contribution in [2.24, 2.45) is 0 Å². The highest BCUT2D eigenvalue weighted by Gasteiger charge is 2.07. The van der Waals surface area contributed by atoms with Crippen molar-refractivity contribution in [1.82, 2.24) is 5.32 Å². The largest absolute Gasteiger partial charge is 0.481 e. The molecule has 1 aromatic rings. The van der Waals surface area contributed by atoms with Gasteiger partial charge >= 0.3 is 5.97 Å². The Morgan fingerprint density at radius 1 is 1.25 bits per heavy atom. The fraction of sp³-hybridized carbons (Fsp3) is 0.429. The van der Waals surface area contributed by atoms with Crippen molar-refractivity contribution in [2.45, 2.75) is 32.1 Å². The van der Waals surface area contributed by atoms with E-state index in [-0.39, 0.29) is 23.8 Å². The zero-order chi connectivity index (χ0) is 15.0. The molecule has 0 unspecified atom stereocenters. The Morgan fingerprint density at radius 2 is 2.00 bits per heavy atom. The van der Waals surface area contributed by atoms with Crippen LogP contribution >= 0.6 is 11.6 Å². The van der Waals surface area contributed by atoms with Crippen LogP contribution in [0.25, 0.3) is 0 Å². The summed E-state index contributed by atoms with van der Waals surface area (Å²) >= 11 is 5.83. The number of carboxylic acids is 1. The Hall–Kier alpha value is -1.62. The van der Waals surface area contributed by atoms with Gasteiger partial charge in [0.05, 0.1) is 6.42 Å². The van der Waals surface area contributed by atoms with E-state index < -0.39 is 11.8 Å². The van der Waals surface area contributed by atoms with Gasteiger partial charge < -0.3 is 10.4 Å². The Morgan fingerprint density at radius 3 is 2.65 bits per heavy atom. The molecule has 0 aliphatic rings. The SMILES string of the molecule is O=C(O)CCCCCNC(=O)Cc1ccc(F)cc1Cl. The monoisotopic (exact) mass is 301 g/mol. The quantitative estimate of drug-likeness (QED) is 0.726. The number of halogens is 2. The molecule has 110 valence electrons. The average Bonchev–Trinajstić information content (AvgIpc) is 2.36. The third-order valence-corrected chi connectivity index (χ3v) is 3.11. The van der Waals surface area contributed by atoms with Crippen molar-refractivity contribution in [3.8, 4) is 0 Å². The smallest absolute Gasteiger partial charge is 0.303 e. The third-order valence-electron chi connectivity index (χ3n) is 2.76. The number of carboxylic acid groups (broad SMARTS) is 1. The van der Waals surface area contributed by atoms with Gasteiger partial charge in [-0.05, 0) is 30.5 Å². The predicted octanol–water partition coefficient (Wildman–Crippen LogP) is 2.78. The molecule has 0 fully saturated rings. The number of rotatable bonds is 8. The summed E-state index contributed by atoms with van der Waals surface area (Å²) < 4.78 is 12.8. The molecule has 0 aliphatic carbocycles. The molecule has 4 nitrogen and oxygen atoms in total. The summed E-state index contributed by atoms with van der Waals surface area (Å²) in [6, 6.07) is 3.93. The summed E-state index contributed by atoms with van der Waals surface area (Å²) in [5.74, 6) is -1.42. The number of benzene rings is 1. The molecular formula is C14H17ClFNO3. The number of amides is 1. The maximum absolute atomic E-state index is 12.8. The number of unbranched alkanes of at least 4 members (excludes halogenated alkanes) is 2. The Kier molecular flexibility index (Phi) is 7.01. The fourth-order valence-corrected chi connectivity index (χ4v) is 1.94. The van der Waals surface area contributed by atoms with Gasteiger partial charge in [0, 0.05) is 18.0 Å². The molecule has 2 N–H and O–H groups in total. The van der Waals surface area contributed by atoms with E-state index in [4.69, 9.17) is 16.7 Å². The second-order valence-corrected chi connectivity index (χ2v) is 4.87. The lowest BCUT2D eigenvalue weighted by atomic mass is 10.1. The second kappa shape index (κ2) is 8.53. The lowest BCUT2D eigenvalue weighted by molar-refractivity contribution is -0.137. The first-order chi connectivity index (χ1) is 9.49. The minimum Gasteiger partial charge on any atom is -0.481 e. The number of hydrogen-bond donors (Lipinski definition) is 2. The van der Waals surface area contributed by atoms with Gasteiger partial charge in [0.25, 0.3) is 0 Å². The first kappa shape index (κ1) is 16.4. The topological polar surface area (TPSA) is 66.4 Å². The fourth-order valence-electron chi connectivity index (χ4n) is 1.71. The van der Waals surface area contributed by atoms with E-state index >= 15 is 0 Å². The van der Waals surface area contributed by atoms with Crippen molar-refractivity contribution < 1.29 is 19.1 Å². The van der Waals surface area contributed by atoms with Gasteiger partial charge in [-0.25, -0.2) is 4.39 Å². The number of aliphatic carboxylic acids is 1. The van der Waals surface area contributed by atoms with Crippen molar-refractivity contribution in [3.05, 3.63) is 34.6 Å². The molecule has 0 saturated heterocycles. The molecule has 0 bridgehead atoms. The zero-order valence-electron chi connectivity index (χ0n) is 11.0. The van der Waals surface area contributed by atoms with Gasteiger partial charge in [-0.3, -0.25) is 9.59 Å². The second-order valence-electron chi connectivity index (χ2n) is 4.47. The lowest BCUT2D eigenvalue weighted by Crippen LogP contribution is -2.26. The number of hydrogen-bond acceptors (Lipinski definition) is 2. The van der Waals surface area contributed by atoms with Gasteiger partial charge in [0.1, 0.15) is 5.82 Å². The molecule has 0 spiro atoms. The Balaban J connectivity index is 2.22. The van der Waals surface area contributed by atoms with Gasteiger partial charge in [-0.1, -0.05) is 24.1 Å². The first-order valence-electron chi connectivity index (χ1n) is 6.41. The van der Waals surface area contributed by atoms with Crippen LogP contribution in [0.4, 0.5) is 4.39 Å². The van der Waals surface area contributed by atoms with Crippen LogP contribution in [0.15, 0.2) is 18.2 Å². The molecule has 0 atom stereocenters. The van der Waals surface area contributed by atoms with Crippen LogP contribution in [-0.4, -0.2) is 23.5 Å². The van der Waals surface area contributed by atoms with Crippen LogP contribution in [0.3, 0.4) is 0 Å². The van der Waals surface area contributed by atoms with Crippen LogP contribution in [-0.2, 0) is 16.0 Å². The first-order valence-corrected chi connectivity index (χ1v) is 6.79. The van der Waals surface area contributed by atoms with E-state index in [0.717, 1.165) is 12.8 Å². The lowest BCUT2D eigenvalue weighted by Gasteiger charge is -2.06. The summed E-state index contributed by atoms with van der Waals surface area (Å²) in [7, 11) is 0. The van der Waals surface area contributed by atoms with Crippen LogP contribution in [0.1, 0.15) is 31.2 Å². The van der Waals surface area contributed by atoms with Crippen LogP contribution in [0.2, 0.25) is 5.02 Å². The molecule has 0 saturated carbocycles. The maximum Gasteiger partial charge on any atom is 0.303 e. The predicted molar refractivity (Wildman–Crippen MR) is 74.2 cm³/mol. The van der Waals surface area contributed by atoms with Crippen LogP contribution in [0.5, 0.6) is 0 Å². The highest BCUT2D eigenvalue weighted by atomic mass is 35.5. The van der Waals surface area contributed by atoms with Gasteiger partial charge in [-0.15, -0.1) is 0 Å². The standard InChI is InChI=1S/C14H17ClFNO3/c15-12-9-11(16)6-5-10(12)8-13(18)17-7-3-1-2-4-14(19)20/h5-6,9H,1-4,7-8H2,(H,17,18)(H,19,20). The van der Waals surface area contributed by atoms with E-state index in [0.29, 0.717) is 18.5 Å². The summed E-state index contributed by atoms with van der Waals surface area (Å²) in [6.07, 6.45) is 2.35. The molecule has 0 aromatic heterocycles. The molecule has 20 heavy (non-hydrogen) atoms. The Bertz CT molecular complexity index is 479. The molecule has 0 radical (unpaired) electrons. The molecule has 0 aliphatic heterocycles. The van der Waals surface area contributed by atoms with E-state index in [9.17, 15) is 14.0 Å². The van der Waals surface area contributed by atoms with Gasteiger partial charge in [-0.2, -0.15) is 0 Å². The van der Waals surface area contributed by atoms with E-state index in [1.165, 1.54) is 18.2 Å². The van der Waals surface area contributed by atoms with Crippen molar-refractivity contribution in [2.75, 3.05) is 6.54 Å². The summed E-state index contributed by atoms with van der Waals surface area (Å²) in [4.78, 5) is 21.9. The Labute approximate surface area is 121 Å². The summed E-state index contributed by atoms with van der Waals surface area (Å²) in [5.41, 5.74) is 0.580. The number of carbonyl (C=O) groups excluding carboxylic acids is 1. The number of nitrogens with one attached hydrogen (secondary N) is 1. The molecule has 1 aromatic carbocycles. The normalized spacial score (nSPS) is 10.3. The van der Waals surface area contributed by atoms with E-state index in [1.54, 1.807) is 0 Å².